The molecule has 0 fully saturated rings. The van der Waals surface area contributed by atoms with Gasteiger partial charge in [0.2, 0.25) is 0 Å². The van der Waals surface area contributed by atoms with Crippen molar-refractivity contribution in [3.63, 3.8) is 0 Å². The van der Waals surface area contributed by atoms with E-state index >= 15 is 0 Å². The number of nitrogens with zero attached hydrogens (tertiary/aromatic N) is 2. The molecule has 0 aliphatic carbocycles. The first-order chi connectivity index (χ1) is 11.1. The molecule has 1 aliphatic heterocycles. The molecule has 3 rings (SSSR count). The third kappa shape index (κ3) is 3.40. The van der Waals surface area contributed by atoms with Crippen molar-refractivity contribution in [2.24, 2.45) is 5.10 Å². The molecule has 2 aromatic rings. The molecule has 0 unspecified atom stereocenters. The van der Waals surface area contributed by atoms with Gasteiger partial charge < -0.3 is 9.47 Å². The van der Waals surface area contributed by atoms with Crippen molar-refractivity contribution >= 4 is 43.5 Å². The normalized spacial score (nSPS) is 13.8. The number of amides is 1. The molecule has 0 saturated carbocycles. The molecule has 1 aromatic heterocycles. The Hall–Kier alpha value is -1.87. The van der Waals surface area contributed by atoms with E-state index in [2.05, 4.69) is 52.6 Å². The Morgan fingerprint density at radius 2 is 2.04 bits per heavy atom. The van der Waals surface area contributed by atoms with Crippen molar-refractivity contribution in [3.05, 3.63) is 38.5 Å². The van der Waals surface area contributed by atoms with E-state index in [1.807, 2.05) is 18.2 Å². The molecule has 0 atom stereocenters. The standard InChI is InChI=1S/C14H12Br2N4O3/c1-7(8-2-3-9-10(6-8)23-5-4-22-9)17-20-14(21)12-11(15)13(16)19-18-12/h2-3,6H,4-5H2,1H3,(H,18,19)(H,20,21). The lowest BCUT2D eigenvalue weighted by Gasteiger charge is -2.18. The van der Waals surface area contributed by atoms with Crippen LogP contribution >= 0.6 is 31.9 Å². The predicted octanol–water partition coefficient (Wildman–Crippen LogP) is 2.86. The number of rotatable bonds is 3. The Kier molecular flexibility index (Phi) is 4.67. The summed E-state index contributed by atoms with van der Waals surface area (Å²) in [4.78, 5) is 12.1. The van der Waals surface area contributed by atoms with Gasteiger partial charge in [-0.1, -0.05) is 0 Å². The molecule has 23 heavy (non-hydrogen) atoms. The first kappa shape index (κ1) is 16.0. The lowest BCUT2D eigenvalue weighted by molar-refractivity contribution is 0.0949. The zero-order chi connectivity index (χ0) is 16.4. The number of hydrogen-bond donors (Lipinski definition) is 2. The fraction of sp³-hybridized carbons (Fsp3) is 0.214. The highest BCUT2D eigenvalue weighted by molar-refractivity contribution is 9.13. The van der Waals surface area contributed by atoms with Crippen LogP contribution in [0.2, 0.25) is 0 Å². The van der Waals surface area contributed by atoms with Gasteiger partial charge in [-0.25, -0.2) is 5.43 Å². The highest BCUT2D eigenvalue weighted by Crippen LogP contribution is 2.30. The quantitative estimate of drug-likeness (QED) is 0.563. The van der Waals surface area contributed by atoms with Gasteiger partial charge in [-0.3, -0.25) is 9.89 Å². The van der Waals surface area contributed by atoms with E-state index in [0.29, 0.717) is 39.5 Å². The average molecular weight is 444 g/mol. The van der Waals surface area contributed by atoms with E-state index in [4.69, 9.17) is 9.47 Å². The van der Waals surface area contributed by atoms with Crippen LogP contribution in [-0.2, 0) is 0 Å². The summed E-state index contributed by atoms with van der Waals surface area (Å²) in [6.07, 6.45) is 0. The molecule has 0 bridgehead atoms. The molecule has 0 spiro atoms. The van der Waals surface area contributed by atoms with Crippen molar-refractivity contribution in [3.8, 4) is 11.5 Å². The second-order valence-corrected chi connectivity index (χ2v) is 6.28. The van der Waals surface area contributed by atoms with E-state index in [1.165, 1.54) is 0 Å². The monoisotopic (exact) mass is 442 g/mol. The maximum absolute atomic E-state index is 12.1. The van der Waals surface area contributed by atoms with Crippen LogP contribution in [-0.4, -0.2) is 35.0 Å². The summed E-state index contributed by atoms with van der Waals surface area (Å²) >= 11 is 6.49. The van der Waals surface area contributed by atoms with Crippen LogP contribution in [0.25, 0.3) is 0 Å². The van der Waals surface area contributed by atoms with Gasteiger partial charge in [0.1, 0.15) is 17.8 Å². The zero-order valence-electron chi connectivity index (χ0n) is 12.0. The van der Waals surface area contributed by atoms with Crippen LogP contribution < -0.4 is 14.9 Å². The van der Waals surface area contributed by atoms with Crippen LogP contribution in [0.1, 0.15) is 23.0 Å². The highest BCUT2D eigenvalue weighted by atomic mass is 79.9. The number of ether oxygens (including phenoxy) is 2. The van der Waals surface area contributed by atoms with Crippen molar-refractivity contribution in [2.75, 3.05) is 13.2 Å². The summed E-state index contributed by atoms with van der Waals surface area (Å²) in [5, 5.41) is 10.6. The van der Waals surface area contributed by atoms with Gasteiger partial charge in [0.15, 0.2) is 17.2 Å². The number of halogens is 2. The maximum Gasteiger partial charge on any atom is 0.293 e. The Morgan fingerprint density at radius 1 is 1.30 bits per heavy atom. The lowest BCUT2D eigenvalue weighted by atomic mass is 10.1. The Morgan fingerprint density at radius 3 is 2.74 bits per heavy atom. The number of aromatic nitrogens is 2. The number of benzene rings is 1. The minimum atomic E-state index is -0.421. The summed E-state index contributed by atoms with van der Waals surface area (Å²) in [7, 11) is 0. The zero-order valence-corrected chi connectivity index (χ0v) is 15.2. The Bertz CT molecular complexity index is 788. The van der Waals surface area contributed by atoms with Crippen molar-refractivity contribution in [2.45, 2.75) is 6.92 Å². The molecule has 1 aromatic carbocycles. The number of carbonyl (C=O) groups excluding carboxylic acids is 1. The molecule has 9 heteroatoms. The Labute approximate surface area is 148 Å². The first-order valence-electron chi connectivity index (χ1n) is 6.70. The second-order valence-electron chi connectivity index (χ2n) is 4.70. The fourth-order valence-electron chi connectivity index (χ4n) is 1.98. The van der Waals surface area contributed by atoms with E-state index < -0.39 is 5.91 Å². The minimum Gasteiger partial charge on any atom is -0.486 e. The van der Waals surface area contributed by atoms with Crippen molar-refractivity contribution in [1.29, 1.82) is 0 Å². The number of nitrogens with one attached hydrogen (secondary N) is 2. The molecule has 2 N–H and O–H groups in total. The van der Waals surface area contributed by atoms with Gasteiger partial charge >= 0.3 is 0 Å². The van der Waals surface area contributed by atoms with Crippen molar-refractivity contribution < 1.29 is 14.3 Å². The molecule has 1 amide bonds. The summed E-state index contributed by atoms with van der Waals surface area (Å²) in [5.41, 5.74) is 4.16. The maximum atomic E-state index is 12.1. The summed E-state index contributed by atoms with van der Waals surface area (Å²) in [6, 6.07) is 5.52. The molecule has 2 heterocycles. The van der Waals surface area contributed by atoms with Crippen LogP contribution in [0.5, 0.6) is 11.5 Å². The Balaban J connectivity index is 1.75. The number of fused-ring (bicyclic) bond motifs is 1. The number of carbonyl (C=O) groups is 1. The minimum absolute atomic E-state index is 0.218. The molecule has 0 saturated heterocycles. The molecule has 0 radical (unpaired) electrons. The number of aromatic amines is 1. The topological polar surface area (TPSA) is 88.6 Å². The average Bonchev–Trinajstić information content (AvgIpc) is 2.91. The summed E-state index contributed by atoms with van der Waals surface area (Å²) < 4.78 is 12.1. The van der Waals surface area contributed by atoms with E-state index in [-0.39, 0.29) is 5.69 Å². The van der Waals surface area contributed by atoms with Crippen molar-refractivity contribution in [1.82, 2.24) is 15.6 Å². The van der Waals surface area contributed by atoms with Gasteiger partial charge in [-0.2, -0.15) is 10.2 Å². The molecular formula is C14H12Br2N4O3. The number of hydrogen-bond acceptors (Lipinski definition) is 5. The smallest absolute Gasteiger partial charge is 0.293 e. The molecule has 120 valence electrons. The summed E-state index contributed by atoms with van der Waals surface area (Å²) in [6.45, 7) is 2.86. The van der Waals surface area contributed by atoms with E-state index in [9.17, 15) is 4.79 Å². The summed E-state index contributed by atoms with van der Waals surface area (Å²) in [5.74, 6) is 0.964. The van der Waals surface area contributed by atoms with Gasteiger partial charge in [0.25, 0.3) is 5.91 Å². The van der Waals surface area contributed by atoms with Crippen LogP contribution in [0.4, 0.5) is 0 Å². The van der Waals surface area contributed by atoms with E-state index in [0.717, 1.165) is 5.56 Å². The molecular weight excluding hydrogens is 432 g/mol. The van der Waals surface area contributed by atoms with Crippen LogP contribution in [0.3, 0.4) is 0 Å². The third-order valence-corrected chi connectivity index (χ3v) is 5.04. The van der Waals surface area contributed by atoms with Gasteiger partial charge in [0, 0.05) is 5.56 Å². The second kappa shape index (κ2) is 6.71. The SMILES string of the molecule is CC(=NNC(=O)c1n[nH]c(Br)c1Br)c1ccc2c(c1)OCCO2. The molecule has 1 aliphatic rings. The van der Waals surface area contributed by atoms with Gasteiger partial charge in [-0.15, -0.1) is 0 Å². The largest absolute Gasteiger partial charge is 0.486 e. The highest BCUT2D eigenvalue weighted by Gasteiger charge is 2.16. The predicted molar refractivity (Wildman–Crippen MR) is 91.1 cm³/mol. The van der Waals surface area contributed by atoms with Crippen LogP contribution in [0.15, 0.2) is 32.4 Å². The molecule has 7 nitrogen and oxygen atoms in total. The first-order valence-corrected chi connectivity index (χ1v) is 8.29. The fourth-order valence-corrected chi connectivity index (χ4v) is 2.61. The van der Waals surface area contributed by atoms with Crippen LogP contribution in [0, 0.1) is 0 Å². The third-order valence-electron chi connectivity index (χ3n) is 3.17. The van der Waals surface area contributed by atoms with E-state index in [1.54, 1.807) is 6.92 Å². The van der Waals surface area contributed by atoms with Gasteiger partial charge in [-0.05, 0) is 57.0 Å². The number of hydrazone groups is 1. The van der Waals surface area contributed by atoms with Gasteiger partial charge in [0.05, 0.1) is 10.2 Å². The number of H-pyrrole nitrogens is 1. The lowest BCUT2D eigenvalue weighted by Crippen LogP contribution is -2.20.